The third-order valence-corrected chi connectivity index (χ3v) is 3.45. The van der Waals surface area contributed by atoms with Gasteiger partial charge in [0.05, 0.1) is 7.11 Å². The first kappa shape index (κ1) is 14.8. The Labute approximate surface area is 123 Å². The first-order valence-corrected chi connectivity index (χ1v) is 6.79. The number of rotatable bonds is 5. The first-order chi connectivity index (χ1) is 9.60. The molecule has 0 aliphatic carbocycles. The van der Waals surface area contributed by atoms with Crippen molar-refractivity contribution in [3.8, 4) is 5.75 Å². The van der Waals surface area contributed by atoms with Crippen molar-refractivity contribution in [1.82, 2.24) is 5.32 Å². The highest BCUT2D eigenvalue weighted by atomic mass is 35.5. The van der Waals surface area contributed by atoms with Gasteiger partial charge in [0.2, 0.25) is 0 Å². The number of halogens is 2. The quantitative estimate of drug-likeness (QED) is 0.885. The van der Waals surface area contributed by atoms with Crippen LogP contribution in [0.2, 0.25) is 5.02 Å². The molecule has 0 bridgehead atoms. The van der Waals surface area contributed by atoms with E-state index in [1.165, 1.54) is 12.1 Å². The van der Waals surface area contributed by atoms with E-state index in [1.807, 2.05) is 19.1 Å². The minimum Gasteiger partial charge on any atom is -0.496 e. The summed E-state index contributed by atoms with van der Waals surface area (Å²) in [5.74, 6) is 0.575. The number of nitrogens with one attached hydrogen (secondary N) is 1. The second-order valence-electron chi connectivity index (χ2n) is 4.61. The van der Waals surface area contributed by atoms with E-state index in [1.54, 1.807) is 25.3 Å². The van der Waals surface area contributed by atoms with Gasteiger partial charge < -0.3 is 10.1 Å². The molecule has 1 atom stereocenters. The van der Waals surface area contributed by atoms with Crippen LogP contribution in [0.25, 0.3) is 0 Å². The molecule has 2 nitrogen and oxygen atoms in total. The summed E-state index contributed by atoms with van der Waals surface area (Å²) in [6.07, 6.45) is 0. The molecule has 106 valence electrons. The molecule has 0 radical (unpaired) electrons. The lowest BCUT2D eigenvalue weighted by molar-refractivity contribution is 0.406. The Bertz CT molecular complexity index is 571. The van der Waals surface area contributed by atoms with Gasteiger partial charge in [0.25, 0.3) is 0 Å². The maximum absolute atomic E-state index is 12.9. The van der Waals surface area contributed by atoms with Crippen LogP contribution in [0.4, 0.5) is 4.39 Å². The van der Waals surface area contributed by atoms with Gasteiger partial charge in [-0.2, -0.15) is 0 Å². The minimum atomic E-state index is -0.225. The third kappa shape index (κ3) is 3.71. The predicted octanol–water partition coefficient (Wildman–Crippen LogP) is 4.34. The van der Waals surface area contributed by atoms with Gasteiger partial charge in [-0.15, -0.1) is 0 Å². The monoisotopic (exact) mass is 293 g/mol. The lowest BCUT2D eigenvalue weighted by atomic mass is 10.1. The summed E-state index contributed by atoms with van der Waals surface area (Å²) in [5, 5.41) is 4.05. The van der Waals surface area contributed by atoms with Crippen molar-refractivity contribution in [1.29, 1.82) is 0 Å². The van der Waals surface area contributed by atoms with Crippen molar-refractivity contribution in [3.63, 3.8) is 0 Å². The van der Waals surface area contributed by atoms with E-state index in [0.717, 1.165) is 16.9 Å². The molecule has 0 aliphatic heterocycles. The molecule has 4 heteroatoms. The van der Waals surface area contributed by atoms with E-state index in [9.17, 15) is 4.39 Å². The van der Waals surface area contributed by atoms with Gasteiger partial charge in [-0.3, -0.25) is 0 Å². The fourth-order valence-electron chi connectivity index (χ4n) is 2.02. The van der Waals surface area contributed by atoms with Crippen LogP contribution < -0.4 is 10.1 Å². The van der Waals surface area contributed by atoms with Crippen LogP contribution in [0.15, 0.2) is 42.5 Å². The van der Waals surface area contributed by atoms with Crippen LogP contribution in [0.1, 0.15) is 24.1 Å². The Morgan fingerprint density at radius 1 is 1.20 bits per heavy atom. The van der Waals surface area contributed by atoms with Crippen molar-refractivity contribution in [3.05, 3.63) is 64.4 Å². The zero-order valence-electron chi connectivity index (χ0n) is 11.5. The predicted molar refractivity (Wildman–Crippen MR) is 79.7 cm³/mol. The Morgan fingerprint density at radius 3 is 2.55 bits per heavy atom. The van der Waals surface area contributed by atoms with Gasteiger partial charge in [-0.25, -0.2) is 4.39 Å². The van der Waals surface area contributed by atoms with E-state index >= 15 is 0 Å². The Balaban J connectivity index is 2.04. The van der Waals surface area contributed by atoms with E-state index in [2.05, 4.69) is 5.32 Å². The normalized spacial score (nSPS) is 12.2. The summed E-state index contributed by atoms with van der Waals surface area (Å²) < 4.78 is 18.2. The van der Waals surface area contributed by atoms with Crippen LogP contribution in [0, 0.1) is 5.82 Å². The molecular formula is C16H17ClFNO. The molecule has 0 aromatic heterocycles. The van der Waals surface area contributed by atoms with Crippen LogP contribution in [0.3, 0.4) is 0 Å². The van der Waals surface area contributed by atoms with Gasteiger partial charge >= 0.3 is 0 Å². The molecule has 0 fully saturated rings. The van der Waals surface area contributed by atoms with Crippen molar-refractivity contribution >= 4 is 11.6 Å². The summed E-state index contributed by atoms with van der Waals surface area (Å²) in [6, 6.07) is 12.1. The molecule has 0 unspecified atom stereocenters. The average molecular weight is 294 g/mol. The second kappa shape index (κ2) is 6.73. The minimum absolute atomic E-state index is 0.110. The Hall–Kier alpha value is -1.58. The van der Waals surface area contributed by atoms with Gasteiger partial charge in [0.1, 0.15) is 11.6 Å². The van der Waals surface area contributed by atoms with Gasteiger partial charge in [-0.1, -0.05) is 23.7 Å². The topological polar surface area (TPSA) is 21.3 Å². The van der Waals surface area contributed by atoms with E-state index in [0.29, 0.717) is 11.6 Å². The average Bonchev–Trinajstić information content (AvgIpc) is 2.45. The largest absolute Gasteiger partial charge is 0.496 e. The summed E-state index contributed by atoms with van der Waals surface area (Å²) in [7, 11) is 1.64. The van der Waals surface area contributed by atoms with Crippen LogP contribution >= 0.6 is 11.6 Å². The third-order valence-electron chi connectivity index (χ3n) is 3.21. The number of benzene rings is 2. The summed E-state index contributed by atoms with van der Waals surface area (Å²) in [6.45, 7) is 2.66. The number of hydrogen-bond acceptors (Lipinski definition) is 2. The maximum Gasteiger partial charge on any atom is 0.123 e. The maximum atomic E-state index is 12.9. The van der Waals surface area contributed by atoms with E-state index in [-0.39, 0.29) is 11.9 Å². The molecule has 0 amide bonds. The molecule has 0 saturated carbocycles. The SMILES string of the molecule is COc1ccc(Cl)cc1CN[C@@H](C)c1ccc(F)cc1. The summed E-state index contributed by atoms with van der Waals surface area (Å²) in [4.78, 5) is 0. The van der Waals surface area contributed by atoms with Crippen molar-refractivity contribution in [2.24, 2.45) is 0 Å². The molecule has 20 heavy (non-hydrogen) atoms. The highest BCUT2D eigenvalue weighted by Crippen LogP contribution is 2.23. The number of methoxy groups -OCH3 is 1. The van der Waals surface area contributed by atoms with Gasteiger partial charge in [0, 0.05) is 23.2 Å². The molecule has 0 spiro atoms. The standard InChI is InChI=1S/C16H17ClFNO/c1-11(12-3-6-15(18)7-4-12)19-10-13-9-14(17)5-8-16(13)20-2/h3-9,11,19H,10H2,1-2H3/t11-/m0/s1. The number of hydrogen-bond donors (Lipinski definition) is 1. The summed E-state index contributed by atoms with van der Waals surface area (Å²) in [5.41, 5.74) is 2.03. The molecule has 1 N–H and O–H groups in total. The zero-order chi connectivity index (χ0) is 14.5. The highest BCUT2D eigenvalue weighted by Gasteiger charge is 2.08. The lowest BCUT2D eigenvalue weighted by Crippen LogP contribution is -2.18. The lowest BCUT2D eigenvalue weighted by Gasteiger charge is -2.16. The first-order valence-electron chi connectivity index (χ1n) is 6.41. The molecule has 2 rings (SSSR count). The zero-order valence-corrected chi connectivity index (χ0v) is 12.2. The second-order valence-corrected chi connectivity index (χ2v) is 5.05. The Kier molecular flexibility index (Phi) is 4.99. The van der Waals surface area contributed by atoms with E-state index < -0.39 is 0 Å². The molecule has 0 heterocycles. The molecule has 2 aromatic carbocycles. The van der Waals surface area contributed by atoms with Crippen LogP contribution in [-0.4, -0.2) is 7.11 Å². The van der Waals surface area contributed by atoms with E-state index in [4.69, 9.17) is 16.3 Å². The Morgan fingerprint density at radius 2 is 1.90 bits per heavy atom. The van der Waals surface area contributed by atoms with Crippen molar-refractivity contribution in [2.45, 2.75) is 19.5 Å². The van der Waals surface area contributed by atoms with Crippen molar-refractivity contribution < 1.29 is 9.13 Å². The molecule has 0 aliphatic rings. The molecule has 0 saturated heterocycles. The van der Waals surface area contributed by atoms with Gasteiger partial charge in [0.15, 0.2) is 0 Å². The smallest absolute Gasteiger partial charge is 0.123 e. The summed E-state index contributed by atoms with van der Waals surface area (Å²) >= 11 is 6.00. The fraction of sp³-hybridized carbons (Fsp3) is 0.250. The van der Waals surface area contributed by atoms with Crippen molar-refractivity contribution in [2.75, 3.05) is 7.11 Å². The number of ether oxygens (including phenoxy) is 1. The highest BCUT2D eigenvalue weighted by molar-refractivity contribution is 6.30. The fourth-order valence-corrected chi connectivity index (χ4v) is 2.21. The van der Waals surface area contributed by atoms with Crippen LogP contribution in [0.5, 0.6) is 5.75 Å². The molecular weight excluding hydrogens is 277 g/mol. The molecule has 2 aromatic rings. The van der Waals surface area contributed by atoms with Crippen LogP contribution in [-0.2, 0) is 6.54 Å². The van der Waals surface area contributed by atoms with Gasteiger partial charge in [-0.05, 0) is 42.8 Å².